The molecule has 0 aromatic heterocycles. The summed E-state index contributed by atoms with van der Waals surface area (Å²) in [4.78, 5) is 15.3. The molecule has 0 saturated heterocycles. The van der Waals surface area contributed by atoms with Crippen molar-refractivity contribution in [2.75, 3.05) is 6.54 Å². The molecule has 3 heteroatoms. The van der Waals surface area contributed by atoms with E-state index in [1.165, 1.54) is 64.2 Å². The van der Waals surface area contributed by atoms with Crippen molar-refractivity contribution in [2.45, 2.75) is 89.6 Å². The molecular weight excluding hydrogens is 248 g/mol. The third-order valence-corrected chi connectivity index (χ3v) is 5.32. The van der Waals surface area contributed by atoms with Crippen LogP contribution in [0.5, 0.6) is 0 Å². The maximum atomic E-state index is 12.9. The number of nitrogens with two attached hydrogens (primary N) is 1. The van der Waals surface area contributed by atoms with Gasteiger partial charge in [0, 0.05) is 18.6 Å². The summed E-state index contributed by atoms with van der Waals surface area (Å²) < 4.78 is 0. The summed E-state index contributed by atoms with van der Waals surface area (Å²) in [7, 11) is 0. The van der Waals surface area contributed by atoms with Crippen LogP contribution in [0.1, 0.15) is 77.6 Å². The minimum absolute atomic E-state index is 0.0406. The predicted octanol–water partition coefficient (Wildman–Crippen LogP) is 3.47. The van der Waals surface area contributed by atoms with Crippen molar-refractivity contribution < 1.29 is 4.79 Å². The standard InChI is InChI=1S/C17H32N2O/c1-2-14(13-18)17(20)19(15-9-5-3-6-10-15)16-11-7-4-8-12-16/h14-16H,2-13,18H2,1H3. The lowest BCUT2D eigenvalue weighted by atomic mass is 9.87. The molecule has 116 valence electrons. The second-order valence-electron chi connectivity index (χ2n) is 6.67. The molecule has 2 fully saturated rings. The Morgan fingerprint density at radius 1 is 1.00 bits per heavy atom. The largest absolute Gasteiger partial charge is 0.336 e. The molecule has 0 spiro atoms. The van der Waals surface area contributed by atoms with E-state index in [0.29, 0.717) is 24.5 Å². The van der Waals surface area contributed by atoms with Crippen molar-refractivity contribution in [1.82, 2.24) is 4.90 Å². The van der Waals surface area contributed by atoms with Crippen LogP contribution in [-0.2, 0) is 4.79 Å². The third kappa shape index (κ3) is 3.75. The van der Waals surface area contributed by atoms with E-state index in [0.717, 1.165) is 6.42 Å². The van der Waals surface area contributed by atoms with Gasteiger partial charge in [-0.3, -0.25) is 4.79 Å². The molecular formula is C17H32N2O. The summed E-state index contributed by atoms with van der Waals surface area (Å²) in [5.41, 5.74) is 5.83. The second-order valence-corrected chi connectivity index (χ2v) is 6.67. The molecule has 2 N–H and O–H groups in total. The first-order chi connectivity index (χ1) is 9.77. The minimum Gasteiger partial charge on any atom is -0.336 e. The highest BCUT2D eigenvalue weighted by molar-refractivity contribution is 5.79. The smallest absolute Gasteiger partial charge is 0.227 e. The topological polar surface area (TPSA) is 46.3 Å². The summed E-state index contributed by atoms with van der Waals surface area (Å²) in [6.45, 7) is 2.60. The number of nitrogens with zero attached hydrogens (tertiary/aromatic N) is 1. The maximum absolute atomic E-state index is 12.9. The fraction of sp³-hybridized carbons (Fsp3) is 0.941. The second kappa shape index (κ2) is 8.02. The SMILES string of the molecule is CCC(CN)C(=O)N(C1CCCCC1)C1CCCCC1. The molecule has 0 radical (unpaired) electrons. The average Bonchev–Trinajstić information content (AvgIpc) is 2.51. The molecule has 3 nitrogen and oxygen atoms in total. The van der Waals surface area contributed by atoms with Crippen LogP contribution in [0.25, 0.3) is 0 Å². The van der Waals surface area contributed by atoms with E-state index in [2.05, 4.69) is 11.8 Å². The molecule has 1 atom stereocenters. The van der Waals surface area contributed by atoms with Crippen molar-refractivity contribution >= 4 is 5.91 Å². The normalized spacial score (nSPS) is 23.5. The summed E-state index contributed by atoms with van der Waals surface area (Å²) in [5.74, 6) is 0.396. The van der Waals surface area contributed by atoms with E-state index in [4.69, 9.17) is 5.73 Å². The summed E-state index contributed by atoms with van der Waals surface area (Å²) in [6, 6.07) is 1.000. The number of hydrogen-bond acceptors (Lipinski definition) is 2. The number of amides is 1. The Kier molecular flexibility index (Phi) is 6.34. The van der Waals surface area contributed by atoms with Crippen molar-refractivity contribution in [3.05, 3.63) is 0 Å². The van der Waals surface area contributed by atoms with Crippen LogP contribution in [0, 0.1) is 5.92 Å². The van der Waals surface area contributed by atoms with Gasteiger partial charge in [-0.25, -0.2) is 0 Å². The summed E-state index contributed by atoms with van der Waals surface area (Å²) in [5, 5.41) is 0. The Morgan fingerprint density at radius 3 is 1.80 bits per heavy atom. The van der Waals surface area contributed by atoms with Crippen LogP contribution in [0.3, 0.4) is 0 Å². The van der Waals surface area contributed by atoms with Crippen molar-refractivity contribution in [1.29, 1.82) is 0 Å². The van der Waals surface area contributed by atoms with Crippen molar-refractivity contribution in [2.24, 2.45) is 11.7 Å². The van der Waals surface area contributed by atoms with E-state index in [1.54, 1.807) is 0 Å². The van der Waals surface area contributed by atoms with Gasteiger partial charge in [0.25, 0.3) is 0 Å². The molecule has 0 aromatic rings. The summed E-state index contributed by atoms with van der Waals surface area (Å²) >= 11 is 0. The van der Waals surface area contributed by atoms with E-state index >= 15 is 0 Å². The van der Waals surface area contributed by atoms with Gasteiger partial charge in [0.15, 0.2) is 0 Å². The zero-order valence-electron chi connectivity index (χ0n) is 13.2. The van der Waals surface area contributed by atoms with Crippen LogP contribution in [0.2, 0.25) is 0 Å². The third-order valence-electron chi connectivity index (χ3n) is 5.32. The molecule has 1 amide bonds. The number of carbonyl (C=O) groups excluding carboxylic acids is 1. The van der Waals surface area contributed by atoms with E-state index in [1.807, 2.05) is 0 Å². The van der Waals surface area contributed by atoms with Crippen LogP contribution in [-0.4, -0.2) is 29.4 Å². The first-order valence-corrected chi connectivity index (χ1v) is 8.80. The van der Waals surface area contributed by atoms with Gasteiger partial charge >= 0.3 is 0 Å². The molecule has 0 aromatic carbocycles. The minimum atomic E-state index is 0.0406. The Balaban J connectivity index is 2.11. The molecule has 2 aliphatic carbocycles. The lowest BCUT2D eigenvalue weighted by molar-refractivity contribution is -0.142. The molecule has 2 aliphatic rings. The highest BCUT2D eigenvalue weighted by atomic mass is 16.2. The molecule has 2 rings (SSSR count). The van der Waals surface area contributed by atoms with Crippen LogP contribution in [0.4, 0.5) is 0 Å². The fourth-order valence-electron chi connectivity index (χ4n) is 4.03. The van der Waals surface area contributed by atoms with Crippen LogP contribution < -0.4 is 5.73 Å². The highest BCUT2D eigenvalue weighted by Gasteiger charge is 2.34. The van der Waals surface area contributed by atoms with Gasteiger partial charge in [0.2, 0.25) is 5.91 Å². The Bertz CT molecular complexity index is 271. The van der Waals surface area contributed by atoms with Gasteiger partial charge in [-0.05, 0) is 32.1 Å². The first kappa shape index (κ1) is 15.8. The molecule has 2 saturated carbocycles. The van der Waals surface area contributed by atoms with Crippen molar-refractivity contribution in [3.8, 4) is 0 Å². The molecule has 20 heavy (non-hydrogen) atoms. The van der Waals surface area contributed by atoms with Crippen LogP contribution in [0.15, 0.2) is 0 Å². The molecule has 0 bridgehead atoms. The van der Waals surface area contributed by atoms with Gasteiger partial charge in [-0.15, -0.1) is 0 Å². The van der Waals surface area contributed by atoms with Gasteiger partial charge in [0.1, 0.15) is 0 Å². The van der Waals surface area contributed by atoms with E-state index < -0.39 is 0 Å². The number of carbonyl (C=O) groups is 1. The van der Waals surface area contributed by atoms with Crippen molar-refractivity contribution in [3.63, 3.8) is 0 Å². The van der Waals surface area contributed by atoms with Gasteiger partial charge in [-0.1, -0.05) is 45.4 Å². The molecule has 1 unspecified atom stereocenters. The average molecular weight is 280 g/mol. The lowest BCUT2D eigenvalue weighted by Crippen LogP contribution is -2.51. The highest BCUT2D eigenvalue weighted by Crippen LogP contribution is 2.31. The molecule has 0 heterocycles. The monoisotopic (exact) mass is 280 g/mol. The zero-order chi connectivity index (χ0) is 14.4. The van der Waals surface area contributed by atoms with Crippen LogP contribution >= 0.6 is 0 Å². The summed E-state index contributed by atoms with van der Waals surface area (Å²) in [6.07, 6.45) is 13.6. The van der Waals surface area contributed by atoms with E-state index in [-0.39, 0.29) is 5.92 Å². The number of rotatable bonds is 5. The quantitative estimate of drug-likeness (QED) is 0.838. The predicted molar refractivity (Wildman–Crippen MR) is 83.4 cm³/mol. The van der Waals surface area contributed by atoms with Gasteiger partial charge in [-0.2, -0.15) is 0 Å². The van der Waals surface area contributed by atoms with Gasteiger partial charge in [0.05, 0.1) is 5.92 Å². The zero-order valence-corrected chi connectivity index (χ0v) is 13.2. The fourth-order valence-corrected chi connectivity index (χ4v) is 4.03. The Hall–Kier alpha value is -0.570. The number of hydrogen-bond donors (Lipinski definition) is 1. The van der Waals surface area contributed by atoms with E-state index in [9.17, 15) is 4.79 Å². The maximum Gasteiger partial charge on any atom is 0.227 e. The Labute approximate surface area is 124 Å². The first-order valence-electron chi connectivity index (χ1n) is 8.80. The lowest BCUT2D eigenvalue weighted by Gasteiger charge is -2.43. The van der Waals surface area contributed by atoms with Gasteiger partial charge < -0.3 is 10.6 Å². The Morgan fingerprint density at radius 2 is 1.45 bits per heavy atom. The molecule has 0 aliphatic heterocycles.